The lowest BCUT2D eigenvalue weighted by atomic mass is 9.94. The first-order valence-corrected chi connectivity index (χ1v) is 10.4. The van der Waals surface area contributed by atoms with E-state index in [0.29, 0.717) is 0 Å². The van der Waals surface area contributed by atoms with Crippen molar-refractivity contribution >= 4 is 0 Å². The number of hydrogen-bond acceptors (Lipinski definition) is 5. The van der Waals surface area contributed by atoms with Crippen LogP contribution in [-0.2, 0) is 23.7 Å². The van der Waals surface area contributed by atoms with Crippen LogP contribution in [-0.4, -0.2) is 112 Å². The molecule has 2 unspecified atom stereocenters. The lowest BCUT2D eigenvalue weighted by molar-refractivity contribution is -0.400. The first-order valence-electron chi connectivity index (χ1n) is 10.4. The summed E-state index contributed by atoms with van der Waals surface area (Å²) in [5.74, 6) is -53.6. The topological polar surface area (TPSA) is 46.2 Å². The molecule has 2 fully saturated rings. The van der Waals surface area contributed by atoms with E-state index in [4.69, 9.17) is 0 Å². The Labute approximate surface area is 207 Å². The summed E-state index contributed by atoms with van der Waals surface area (Å²) in [5, 5.41) is 0. The monoisotopic (exact) mass is 618 g/mol. The molecule has 0 aromatic heterocycles. The molecular formula is C18H18F16O5. The summed E-state index contributed by atoms with van der Waals surface area (Å²) in [6.45, 7) is -12.4. The number of halogens is 16. The molecule has 2 heterocycles. The lowest BCUT2D eigenvalue weighted by Crippen LogP contribution is -2.68. The fourth-order valence-corrected chi connectivity index (χ4v) is 3.17. The fraction of sp³-hybridized carbons (Fsp3) is 1.00. The molecule has 0 aromatic carbocycles. The highest BCUT2D eigenvalue weighted by Crippen LogP contribution is 2.56. The summed E-state index contributed by atoms with van der Waals surface area (Å²) in [6.07, 6.45) is -6.37. The summed E-state index contributed by atoms with van der Waals surface area (Å²) in [4.78, 5) is 0. The zero-order chi connectivity index (χ0) is 30.3. The van der Waals surface area contributed by atoms with Crippen LogP contribution < -0.4 is 0 Å². The van der Waals surface area contributed by atoms with Crippen molar-refractivity contribution in [2.45, 2.75) is 59.6 Å². The Hall–Kier alpha value is -1.32. The van der Waals surface area contributed by atoms with Crippen molar-refractivity contribution in [3.05, 3.63) is 0 Å². The molecule has 39 heavy (non-hydrogen) atoms. The first-order chi connectivity index (χ1) is 17.4. The Morgan fingerprint density at radius 3 is 1.03 bits per heavy atom. The van der Waals surface area contributed by atoms with Gasteiger partial charge in [0.2, 0.25) is 0 Å². The summed E-state index contributed by atoms with van der Waals surface area (Å²) >= 11 is 0. The van der Waals surface area contributed by atoms with Gasteiger partial charge in [-0.3, -0.25) is 0 Å². The van der Waals surface area contributed by atoms with Gasteiger partial charge in [0.25, 0.3) is 0 Å². The summed E-state index contributed by atoms with van der Waals surface area (Å²) < 4.78 is 243. The van der Waals surface area contributed by atoms with E-state index in [1.54, 1.807) is 0 Å². The van der Waals surface area contributed by atoms with Gasteiger partial charge in [0.15, 0.2) is 12.2 Å². The molecule has 2 aliphatic heterocycles. The Balaban J connectivity index is 2.18. The lowest BCUT2D eigenvalue weighted by Gasteiger charge is -2.41. The van der Waals surface area contributed by atoms with Crippen LogP contribution in [0.15, 0.2) is 0 Å². The average molecular weight is 618 g/mol. The van der Waals surface area contributed by atoms with Gasteiger partial charge in [-0.2, -0.15) is 70.2 Å². The third-order valence-electron chi connectivity index (χ3n) is 5.55. The smallest absolute Gasteiger partial charge is 0.376 e. The Morgan fingerprint density at radius 2 is 0.769 bits per heavy atom. The molecule has 0 spiro atoms. The quantitative estimate of drug-likeness (QED) is 0.291. The Morgan fingerprint density at radius 1 is 0.462 bits per heavy atom. The van der Waals surface area contributed by atoms with Crippen LogP contribution in [0.2, 0.25) is 0 Å². The second kappa shape index (κ2) is 10.8. The van der Waals surface area contributed by atoms with E-state index in [1.165, 1.54) is 0 Å². The molecule has 0 saturated carbocycles. The van der Waals surface area contributed by atoms with E-state index in [-0.39, 0.29) is 0 Å². The van der Waals surface area contributed by atoms with Gasteiger partial charge in [-0.25, -0.2) is 0 Å². The molecule has 2 rings (SSSR count). The highest BCUT2D eigenvalue weighted by atomic mass is 19.4. The highest BCUT2D eigenvalue weighted by molar-refractivity contribution is 5.08. The van der Waals surface area contributed by atoms with Crippen molar-refractivity contribution in [2.75, 3.05) is 52.9 Å². The molecule has 5 nitrogen and oxygen atoms in total. The number of hydrogen-bond donors (Lipinski definition) is 0. The van der Waals surface area contributed by atoms with Gasteiger partial charge in [0.05, 0.1) is 39.6 Å². The summed E-state index contributed by atoms with van der Waals surface area (Å²) in [6, 6.07) is 0. The highest BCUT2D eigenvalue weighted by Gasteiger charge is 2.84. The van der Waals surface area contributed by atoms with Crippen LogP contribution in [0.25, 0.3) is 0 Å². The minimum absolute atomic E-state index is 0.455. The van der Waals surface area contributed by atoms with E-state index in [0.717, 1.165) is 0 Å². The fourth-order valence-electron chi connectivity index (χ4n) is 3.17. The molecule has 0 bridgehead atoms. The molecule has 0 aliphatic carbocycles. The molecule has 2 atom stereocenters. The van der Waals surface area contributed by atoms with Crippen LogP contribution in [0.5, 0.6) is 0 Å². The standard InChI is InChI=1S/C18H18F16O5/c19-11(20,15(27,28)17(31,32)13(23,24)9-5-35-1-3-38-9)7-37-8-12(21,22)16(29,30)18(33,34)14(25,26)10-6-36-2-4-39-10/h9-10H,1-8H2. The van der Waals surface area contributed by atoms with Gasteiger partial charge in [0.1, 0.15) is 13.2 Å². The predicted molar refractivity (Wildman–Crippen MR) is 91.5 cm³/mol. The average Bonchev–Trinajstić information content (AvgIpc) is 2.84. The van der Waals surface area contributed by atoms with E-state index in [9.17, 15) is 70.2 Å². The third kappa shape index (κ3) is 5.61. The maximum absolute atomic E-state index is 14.0. The minimum Gasteiger partial charge on any atom is -0.376 e. The Bertz CT molecular complexity index is 758. The molecule has 0 radical (unpaired) electrons. The normalized spacial score (nSPS) is 23.7. The van der Waals surface area contributed by atoms with Crippen molar-refractivity contribution in [1.82, 2.24) is 0 Å². The molecular weight excluding hydrogens is 600 g/mol. The van der Waals surface area contributed by atoms with Crippen LogP contribution in [0.1, 0.15) is 0 Å². The van der Waals surface area contributed by atoms with E-state index < -0.39 is 112 Å². The van der Waals surface area contributed by atoms with Gasteiger partial charge in [-0.05, 0) is 0 Å². The zero-order valence-corrected chi connectivity index (χ0v) is 18.9. The van der Waals surface area contributed by atoms with Gasteiger partial charge < -0.3 is 23.7 Å². The second-order valence-electron chi connectivity index (χ2n) is 8.31. The van der Waals surface area contributed by atoms with Crippen LogP contribution in [0.4, 0.5) is 70.2 Å². The van der Waals surface area contributed by atoms with Crippen LogP contribution >= 0.6 is 0 Å². The molecule has 0 N–H and O–H groups in total. The maximum Gasteiger partial charge on any atom is 0.381 e. The minimum atomic E-state index is -7.16. The van der Waals surface area contributed by atoms with Gasteiger partial charge in [-0.1, -0.05) is 0 Å². The molecule has 21 heteroatoms. The molecule has 232 valence electrons. The van der Waals surface area contributed by atoms with Gasteiger partial charge in [0, 0.05) is 0 Å². The first kappa shape index (κ1) is 33.9. The predicted octanol–water partition coefficient (Wildman–Crippen LogP) is 4.92. The maximum atomic E-state index is 14.0. The van der Waals surface area contributed by atoms with Crippen molar-refractivity contribution in [3.8, 4) is 0 Å². The molecule has 0 amide bonds. The van der Waals surface area contributed by atoms with Gasteiger partial charge in [-0.15, -0.1) is 0 Å². The summed E-state index contributed by atoms with van der Waals surface area (Å²) in [5.41, 5.74) is 0. The van der Waals surface area contributed by atoms with E-state index in [2.05, 4.69) is 23.7 Å². The van der Waals surface area contributed by atoms with Crippen molar-refractivity contribution < 1.29 is 93.9 Å². The number of ether oxygens (including phenoxy) is 5. The molecule has 2 saturated heterocycles. The second-order valence-corrected chi connectivity index (χ2v) is 8.31. The largest absolute Gasteiger partial charge is 0.381 e. The SMILES string of the molecule is FC(F)(COCC(F)(F)C(F)(F)C(F)(F)C(F)(F)C1COCCO1)C(F)(F)C(F)(F)C(F)(F)C1COCCO1. The van der Waals surface area contributed by atoms with Gasteiger partial charge >= 0.3 is 47.4 Å². The molecule has 0 aromatic rings. The van der Waals surface area contributed by atoms with Crippen molar-refractivity contribution in [1.29, 1.82) is 0 Å². The number of rotatable bonds is 12. The summed E-state index contributed by atoms with van der Waals surface area (Å²) in [7, 11) is 0. The Kier molecular flexibility index (Phi) is 9.40. The molecule has 2 aliphatic rings. The third-order valence-corrected chi connectivity index (χ3v) is 5.55. The zero-order valence-electron chi connectivity index (χ0n) is 18.9. The van der Waals surface area contributed by atoms with E-state index in [1.807, 2.05) is 0 Å². The van der Waals surface area contributed by atoms with Crippen LogP contribution in [0.3, 0.4) is 0 Å². The van der Waals surface area contributed by atoms with Crippen molar-refractivity contribution in [2.24, 2.45) is 0 Å². The van der Waals surface area contributed by atoms with Crippen molar-refractivity contribution in [3.63, 3.8) is 0 Å². The van der Waals surface area contributed by atoms with E-state index >= 15 is 0 Å². The van der Waals surface area contributed by atoms with Crippen LogP contribution in [0, 0.1) is 0 Å². The number of alkyl halides is 16.